The highest BCUT2D eigenvalue weighted by Crippen LogP contribution is 2.18. The summed E-state index contributed by atoms with van der Waals surface area (Å²) in [5.74, 6) is 0.285. The van der Waals surface area contributed by atoms with Gasteiger partial charge < -0.3 is 14.1 Å². The Bertz CT molecular complexity index is 653. The van der Waals surface area contributed by atoms with E-state index in [1.165, 1.54) is 0 Å². The molecule has 6 heteroatoms. The third kappa shape index (κ3) is 1.31. The molecule has 3 rings (SSSR count). The number of hydrogen-bond donors (Lipinski definition) is 2. The first-order valence-electron chi connectivity index (χ1n) is 4.76. The molecule has 0 atom stereocenters. The van der Waals surface area contributed by atoms with E-state index in [0.717, 1.165) is 16.9 Å². The van der Waals surface area contributed by atoms with Gasteiger partial charge in [0.2, 0.25) is 0 Å². The molecule has 0 radical (unpaired) electrons. The lowest BCUT2D eigenvalue weighted by Crippen LogP contribution is -1.92. The third-order valence-corrected chi connectivity index (χ3v) is 2.35. The Kier molecular flexibility index (Phi) is 1.84. The van der Waals surface area contributed by atoms with Gasteiger partial charge in [-0.3, -0.25) is 4.98 Å². The molecule has 0 fully saturated rings. The van der Waals surface area contributed by atoms with E-state index in [9.17, 15) is 4.79 Å². The van der Waals surface area contributed by atoms with Gasteiger partial charge in [0.15, 0.2) is 5.58 Å². The molecule has 82 valence electrons. The van der Waals surface area contributed by atoms with E-state index < -0.39 is 5.76 Å². The van der Waals surface area contributed by atoms with Gasteiger partial charge in [0.05, 0.1) is 16.6 Å². The first-order chi connectivity index (χ1) is 7.76. The second-order valence-electron chi connectivity index (χ2n) is 3.50. The molecular weight excluding hydrogens is 210 g/mol. The van der Waals surface area contributed by atoms with Crippen LogP contribution in [-0.2, 0) is 11.3 Å². The molecule has 2 N–H and O–H groups in total. The number of methoxy groups -OCH3 is 1. The van der Waals surface area contributed by atoms with Crippen LogP contribution in [0.1, 0.15) is 5.82 Å². The Labute approximate surface area is 89.2 Å². The van der Waals surface area contributed by atoms with Gasteiger partial charge in [-0.2, -0.15) is 0 Å². The maximum Gasteiger partial charge on any atom is 0.417 e. The molecule has 2 heterocycles. The number of ether oxygens (including phenoxy) is 1. The first-order valence-corrected chi connectivity index (χ1v) is 4.76. The van der Waals surface area contributed by atoms with E-state index in [1.807, 2.05) is 0 Å². The van der Waals surface area contributed by atoms with E-state index in [-0.39, 0.29) is 0 Å². The number of fused-ring (bicyclic) bond motifs is 2. The monoisotopic (exact) mass is 219 g/mol. The average molecular weight is 219 g/mol. The van der Waals surface area contributed by atoms with E-state index in [2.05, 4.69) is 15.0 Å². The van der Waals surface area contributed by atoms with Gasteiger partial charge in [-0.05, 0) is 6.07 Å². The number of H-pyrrole nitrogens is 2. The largest absolute Gasteiger partial charge is 0.417 e. The SMILES string of the molecule is COCc1nc2cc3oc(=O)[nH]c3cc2[nH]1. The Morgan fingerprint density at radius 2 is 2.25 bits per heavy atom. The minimum absolute atomic E-state index is 0.423. The lowest BCUT2D eigenvalue weighted by atomic mass is 10.3. The molecule has 16 heavy (non-hydrogen) atoms. The molecule has 2 aromatic heterocycles. The van der Waals surface area contributed by atoms with Crippen molar-refractivity contribution >= 4 is 22.1 Å². The predicted molar refractivity (Wildman–Crippen MR) is 57.2 cm³/mol. The van der Waals surface area contributed by atoms with Gasteiger partial charge in [-0.15, -0.1) is 0 Å². The van der Waals surface area contributed by atoms with Crippen LogP contribution >= 0.6 is 0 Å². The van der Waals surface area contributed by atoms with E-state index in [4.69, 9.17) is 9.15 Å². The zero-order valence-corrected chi connectivity index (χ0v) is 8.53. The van der Waals surface area contributed by atoms with Crippen LogP contribution in [0.5, 0.6) is 0 Å². The molecule has 6 nitrogen and oxygen atoms in total. The van der Waals surface area contributed by atoms with Gasteiger partial charge >= 0.3 is 5.76 Å². The fourth-order valence-electron chi connectivity index (χ4n) is 1.71. The van der Waals surface area contributed by atoms with Gasteiger partial charge in [-0.25, -0.2) is 9.78 Å². The number of nitrogens with zero attached hydrogens (tertiary/aromatic N) is 1. The summed E-state index contributed by atoms with van der Waals surface area (Å²) in [4.78, 5) is 21.0. The molecule has 1 aromatic carbocycles. The van der Waals surface area contributed by atoms with Crippen LogP contribution < -0.4 is 5.76 Å². The summed E-state index contributed by atoms with van der Waals surface area (Å²) < 4.78 is 9.93. The smallest absolute Gasteiger partial charge is 0.408 e. The fraction of sp³-hybridized carbons (Fsp3) is 0.200. The minimum Gasteiger partial charge on any atom is -0.408 e. The van der Waals surface area contributed by atoms with Crippen molar-refractivity contribution in [1.29, 1.82) is 0 Å². The number of rotatable bonds is 2. The van der Waals surface area contributed by atoms with Crippen molar-refractivity contribution in [2.45, 2.75) is 6.61 Å². The molecule has 3 aromatic rings. The van der Waals surface area contributed by atoms with Crippen molar-refractivity contribution in [3.63, 3.8) is 0 Å². The molecule has 0 bridgehead atoms. The lowest BCUT2D eigenvalue weighted by Gasteiger charge is -1.89. The van der Waals surface area contributed by atoms with Gasteiger partial charge in [0.1, 0.15) is 12.4 Å². The van der Waals surface area contributed by atoms with Crippen molar-refractivity contribution < 1.29 is 9.15 Å². The second-order valence-corrected chi connectivity index (χ2v) is 3.50. The normalized spacial score (nSPS) is 11.6. The maximum atomic E-state index is 11.0. The van der Waals surface area contributed by atoms with Gasteiger partial charge in [0.25, 0.3) is 0 Å². The van der Waals surface area contributed by atoms with Gasteiger partial charge in [-0.1, -0.05) is 0 Å². The van der Waals surface area contributed by atoms with Crippen LogP contribution in [0.25, 0.3) is 22.1 Å². The molecule has 0 aliphatic heterocycles. The van der Waals surface area contributed by atoms with Crippen molar-refractivity contribution in [2.75, 3.05) is 7.11 Å². The Hall–Kier alpha value is -2.08. The number of nitrogens with one attached hydrogen (secondary N) is 2. The summed E-state index contributed by atoms with van der Waals surface area (Å²) in [5.41, 5.74) is 2.76. The van der Waals surface area contributed by atoms with E-state index in [1.54, 1.807) is 19.2 Å². The minimum atomic E-state index is -0.459. The van der Waals surface area contributed by atoms with Crippen molar-refractivity contribution in [3.05, 3.63) is 28.5 Å². The highest BCUT2D eigenvalue weighted by atomic mass is 16.5. The summed E-state index contributed by atoms with van der Waals surface area (Å²) in [7, 11) is 1.61. The maximum absolute atomic E-state index is 11.0. The summed E-state index contributed by atoms with van der Waals surface area (Å²) in [6, 6.07) is 3.51. The summed E-state index contributed by atoms with van der Waals surface area (Å²) in [6.07, 6.45) is 0. The van der Waals surface area contributed by atoms with Crippen LogP contribution in [0, 0.1) is 0 Å². The summed E-state index contributed by atoms with van der Waals surface area (Å²) in [6.45, 7) is 0.423. The molecule has 0 saturated carbocycles. The van der Waals surface area contributed by atoms with Crippen molar-refractivity contribution in [3.8, 4) is 0 Å². The number of aromatic nitrogens is 3. The average Bonchev–Trinajstić information content (AvgIpc) is 2.75. The quantitative estimate of drug-likeness (QED) is 0.677. The van der Waals surface area contributed by atoms with Crippen LogP contribution in [0.2, 0.25) is 0 Å². The Balaban J connectivity index is 2.27. The molecule has 0 saturated heterocycles. The summed E-state index contributed by atoms with van der Waals surface area (Å²) in [5, 5.41) is 0. The highest BCUT2D eigenvalue weighted by Gasteiger charge is 2.07. The molecule has 0 unspecified atom stereocenters. The van der Waals surface area contributed by atoms with Crippen LogP contribution in [0.3, 0.4) is 0 Å². The zero-order chi connectivity index (χ0) is 11.1. The zero-order valence-electron chi connectivity index (χ0n) is 8.53. The standard InChI is InChI=1S/C10H9N3O3/c1-15-4-9-11-5-2-7-8(3-6(5)12-9)16-10(14)13-7/h2-3H,4H2,1H3,(H,11,12)(H,13,14). The summed E-state index contributed by atoms with van der Waals surface area (Å²) >= 11 is 0. The number of benzene rings is 1. The fourth-order valence-corrected chi connectivity index (χ4v) is 1.71. The number of imidazole rings is 1. The van der Waals surface area contributed by atoms with Crippen LogP contribution in [-0.4, -0.2) is 22.1 Å². The number of aromatic amines is 2. The lowest BCUT2D eigenvalue weighted by molar-refractivity contribution is 0.179. The molecular formula is C10H9N3O3. The second kappa shape index (κ2) is 3.21. The van der Waals surface area contributed by atoms with Crippen LogP contribution in [0.15, 0.2) is 21.3 Å². The van der Waals surface area contributed by atoms with Gasteiger partial charge in [0, 0.05) is 13.2 Å². The van der Waals surface area contributed by atoms with Crippen molar-refractivity contribution in [2.24, 2.45) is 0 Å². The predicted octanol–water partition coefficient (Wildman–Crippen LogP) is 1.14. The third-order valence-electron chi connectivity index (χ3n) is 2.35. The number of hydrogen-bond acceptors (Lipinski definition) is 4. The number of oxazole rings is 1. The first kappa shape index (κ1) is 9.17. The van der Waals surface area contributed by atoms with Crippen molar-refractivity contribution in [1.82, 2.24) is 15.0 Å². The molecule has 0 aliphatic carbocycles. The molecule has 0 amide bonds. The Morgan fingerprint density at radius 1 is 1.38 bits per heavy atom. The molecule has 0 aliphatic rings. The Morgan fingerprint density at radius 3 is 3.06 bits per heavy atom. The van der Waals surface area contributed by atoms with E-state index in [0.29, 0.717) is 17.7 Å². The highest BCUT2D eigenvalue weighted by molar-refractivity contribution is 5.89. The topological polar surface area (TPSA) is 83.9 Å². The van der Waals surface area contributed by atoms with Crippen LogP contribution in [0.4, 0.5) is 0 Å². The van der Waals surface area contributed by atoms with E-state index >= 15 is 0 Å². The molecule has 0 spiro atoms.